The Morgan fingerprint density at radius 3 is 2.37 bits per heavy atom. The molecular weight excluding hydrogens is 434 g/mol. The van der Waals surface area contributed by atoms with Gasteiger partial charge in [0.05, 0.1) is 12.1 Å². The van der Waals surface area contributed by atoms with E-state index in [1.165, 1.54) is 11.1 Å². The number of benzene rings is 2. The maximum Gasteiger partial charge on any atom is 0.156 e. The largest absolute Gasteiger partial charge is 0.389 e. The molecule has 2 aliphatic heterocycles. The fourth-order valence-electron chi connectivity index (χ4n) is 4.53. The van der Waals surface area contributed by atoms with E-state index in [9.17, 15) is 5.11 Å². The van der Waals surface area contributed by atoms with Crippen LogP contribution in [0.15, 0.2) is 83.4 Å². The summed E-state index contributed by atoms with van der Waals surface area (Å²) in [6, 6.07) is 22.3. The normalized spacial score (nSPS) is 17.4. The molecule has 1 saturated heterocycles. The number of amidine groups is 1. The van der Waals surface area contributed by atoms with E-state index in [1.54, 1.807) is 0 Å². The van der Waals surface area contributed by atoms with Crippen LogP contribution in [0, 0.1) is 0 Å². The lowest BCUT2D eigenvalue weighted by Gasteiger charge is -2.39. The van der Waals surface area contributed by atoms with Gasteiger partial charge in [0.1, 0.15) is 17.5 Å². The van der Waals surface area contributed by atoms with Gasteiger partial charge >= 0.3 is 0 Å². The van der Waals surface area contributed by atoms with Gasteiger partial charge in [-0.3, -0.25) is 4.99 Å². The third-order valence-electron chi connectivity index (χ3n) is 6.49. The molecule has 0 aliphatic carbocycles. The molecule has 5 rings (SSSR count). The average Bonchev–Trinajstić information content (AvgIpc) is 3.28. The molecular formula is C29H31N5O. The smallest absolute Gasteiger partial charge is 0.156 e. The lowest BCUT2D eigenvalue weighted by Crippen LogP contribution is -2.46. The second-order valence-corrected chi connectivity index (χ2v) is 9.40. The molecule has 0 atom stereocenters. The van der Waals surface area contributed by atoms with Gasteiger partial charge in [0.2, 0.25) is 0 Å². The molecule has 1 fully saturated rings. The van der Waals surface area contributed by atoms with E-state index in [0.717, 1.165) is 36.1 Å². The Kier molecular flexibility index (Phi) is 6.73. The van der Waals surface area contributed by atoms with Gasteiger partial charge in [0, 0.05) is 25.6 Å². The van der Waals surface area contributed by atoms with Crippen molar-refractivity contribution in [3.63, 3.8) is 0 Å². The number of anilines is 2. The number of aliphatic hydroxyl groups is 1. The highest BCUT2D eigenvalue weighted by atomic mass is 16.3. The van der Waals surface area contributed by atoms with Gasteiger partial charge in [-0.1, -0.05) is 66.7 Å². The first-order valence-corrected chi connectivity index (χ1v) is 12.2. The fraction of sp³-hybridized carbons (Fsp3) is 0.276. The van der Waals surface area contributed by atoms with Crippen molar-refractivity contribution < 1.29 is 5.11 Å². The lowest BCUT2D eigenvalue weighted by molar-refractivity contribution is 0.0164. The standard InChI is InChI=1S/C29H31N5O/c1-22-18-26(30-21-22)32-27-19-28(33-25(31-27)13-12-23-8-4-2-5-9-23)34-16-14-29(35,15-17-34)20-24-10-6-3-7-11-24/h2-13,18-19,35H,14-17,20-21H2,1H3,(H,30,31,32,33)/b13-12+. The molecule has 0 saturated carbocycles. The fourth-order valence-corrected chi connectivity index (χ4v) is 4.53. The summed E-state index contributed by atoms with van der Waals surface area (Å²) in [6.07, 6.45) is 8.07. The second kappa shape index (κ2) is 10.2. The van der Waals surface area contributed by atoms with Gasteiger partial charge in [-0.15, -0.1) is 0 Å². The number of aliphatic imine (C=N–C) groups is 1. The third-order valence-corrected chi connectivity index (χ3v) is 6.49. The van der Waals surface area contributed by atoms with E-state index in [4.69, 9.17) is 9.97 Å². The third kappa shape index (κ3) is 6.03. The van der Waals surface area contributed by atoms with Crippen molar-refractivity contribution in [3.8, 4) is 0 Å². The molecule has 2 aromatic carbocycles. The van der Waals surface area contributed by atoms with Crippen molar-refractivity contribution in [2.75, 3.05) is 29.9 Å². The summed E-state index contributed by atoms with van der Waals surface area (Å²) in [7, 11) is 0. The molecule has 0 unspecified atom stereocenters. The van der Waals surface area contributed by atoms with Crippen LogP contribution in [0.25, 0.3) is 12.2 Å². The van der Waals surface area contributed by atoms with Crippen LogP contribution in [-0.2, 0) is 6.42 Å². The first kappa shape index (κ1) is 23.0. The number of nitrogens with one attached hydrogen (secondary N) is 1. The van der Waals surface area contributed by atoms with Gasteiger partial charge in [-0.2, -0.15) is 0 Å². The summed E-state index contributed by atoms with van der Waals surface area (Å²) in [5, 5.41) is 14.6. The highest BCUT2D eigenvalue weighted by Gasteiger charge is 2.33. The van der Waals surface area contributed by atoms with Gasteiger partial charge in [-0.25, -0.2) is 9.97 Å². The van der Waals surface area contributed by atoms with E-state index in [-0.39, 0.29) is 0 Å². The van der Waals surface area contributed by atoms with Crippen molar-refractivity contribution in [1.29, 1.82) is 0 Å². The number of hydrogen-bond donors (Lipinski definition) is 2. The molecule has 3 aromatic rings. The minimum absolute atomic E-state index is 0.637. The van der Waals surface area contributed by atoms with Crippen LogP contribution in [0.3, 0.4) is 0 Å². The molecule has 0 spiro atoms. The van der Waals surface area contributed by atoms with E-state index in [0.29, 0.717) is 31.6 Å². The Morgan fingerprint density at radius 1 is 0.971 bits per heavy atom. The zero-order valence-electron chi connectivity index (χ0n) is 20.1. The first-order chi connectivity index (χ1) is 17.0. The minimum Gasteiger partial charge on any atom is -0.389 e. The van der Waals surface area contributed by atoms with Gasteiger partial charge in [0.25, 0.3) is 0 Å². The number of rotatable bonds is 6. The van der Waals surface area contributed by atoms with Crippen LogP contribution in [0.1, 0.15) is 36.7 Å². The molecule has 6 nitrogen and oxygen atoms in total. The first-order valence-electron chi connectivity index (χ1n) is 12.2. The van der Waals surface area contributed by atoms with Crippen LogP contribution >= 0.6 is 0 Å². The summed E-state index contributed by atoms with van der Waals surface area (Å²) in [5.74, 6) is 3.04. The SMILES string of the molecule is CC1=CC(Nc2cc(N3CCC(O)(Cc4ccccc4)CC3)nc(/C=C/c3ccccc3)n2)=NC1. The molecule has 2 N–H and O–H groups in total. The number of aromatic nitrogens is 2. The predicted octanol–water partition coefficient (Wildman–Crippen LogP) is 4.99. The number of piperidine rings is 1. The van der Waals surface area contributed by atoms with E-state index >= 15 is 0 Å². The predicted molar refractivity (Wildman–Crippen MR) is 144 cm³/mol. The summed E-state index contributed by atoms with van der Waals surface area (Å²) >= 11 is 0. The molecule has 35 heavy (non-hydrogen) atoms. The number of nitrogens with zero attached hydrogens (tertiary/aromatic N) is 4. The topological polar surface area (TPSA) is 73.6 Å². The number of hydrogen-bond acceptors (Lipinski definition) is 6. The molecule has 2 aliphatic rings. The van der Waals surface area contributed by atoms with Gasteiger partial charge in [0.15, 0.2) is 5.82 Å². The maximum atomic E-state index is 11.2. The monoisotopic (exact) mass is 465 g/mol. The highest BCUT2D eigenvalue weighted by Crippen LogP contribution is 2.29. The maximum absolute atomic E-state index is 11.2. The van der Waals surface area contributed by atoms with Crippen molar-refractivity contribution in [3.05, 3.63) is 95.3 Å². The van der Waals surface area contributed by atoms with Crippen LogP contribution in [-0.4, -0.2) is 46.1 Å². The van der Waals surface area contributed by atoms with Crippen molar-refractivity contribution in [1.82, 2.24) is 9.97 Å². The molecule has 1 aromatic heterocycles. The summed E-state index contributed by atoms with van der Waals surface area (Å²) in [5.41, 5.74) is 2.80. The molecule has 0 radical (unpaired) electrons. The van der Waals surface area contributed by atoms with Crippen molar-refractivity contribution in [2.24, 2.45) is 4.99 Å². The Labute approximate surface area is 206 Å². The Bertz CT molecular complexity index is 1240. The Hall–Kier alpha value is -3.77. The molecule has 3 heterocycles. The Morgan fingerprint density at radius 2 is 1.69 bits per heavy atom. The molecule has 6 heteroatoms. The van der Waals surface area contributed by atoms with Gasteiger partial charge in [-0.05, 0) is 48.6 Å². The second-order valence-electron chi connectivity index (χ2n) is 9.40. The zero-order chi connectivity index (χ0) is 24.1. The molecule has 178 valence electrons. The molecule has 0 amide bonds. The minimum atomic E-state index is -0.692. The zero-order valence-corrected chi connectivity index (χ0v) is 20.1. The van der Waals surface area contributed by atoms with E-state index < -0.39 is 5.60 Å². The summed E-state index contributed by atoms with van der Waals surface area (Å²) < 4.78 is 0. The van der Waals surface area contributed by atoms with Crippen LogP contribution in [0.5, 0.6) is 0 Å². The lowest BCUT2D eigenvalue weighted by atomic mass is 9.85. The van der Waals surface area contributed by atoms with Crippen LogP contribution in [0.2, 0.25) is 0 Å². The average molecular weight is 466 g/mol. The van der Waals surface area contributed by atoms with Gasteiger partial charge < -0.3 is 15.3 Å². The highest BCUT2D eigenvalue weighted by molar-refractivity contribution is 6.05. The molecule has 0 bridgehead atoms. The van der Waals surface area contributed by atoms with E-state index in [1.807, 2.05) is 60.7 Å². The van der Waals surface area contributed by atoms with E-state index in [2.05, 4.69) is 46.4 Å². The summed E-state index contributed by atoms with van der Waals surface area (Å²) in [4.78, 5) is 16.3. The van der Waals surface area contributed by atoms with Crippen LogP contribution in [0.4, 0.5) is 11.6 Å². The Balaban J connectivity index is 1.35. The van der Waals surface area contributed by atoms with Crippen LogP contribution < -0.4 is 10.2 Å². The van der Waals surface area contributed by atoms with Crippen molar-refractivity contribution >= 4 is 29.6 Å². The quantitative estimate of drug-likeness (QED) is 0.536. The summed E-state index contributed by atoms with van der Waals surface area (Å²) in [6.45, 7) is 4.26. The van der Waals surface area contributed by atoms with Crippen molar-refractivity contribution in [2.45, 2.75) is 31.8 Å².